The molecule has 0 atom stereocenters. The van der Waals surface area contributed by atoms with Gasteiger partial charge in [0.25, 0.3) is 5.91 Å². The van der Waals surface area contributed by atoms with Crippen molar-refractivity contribution in [1.82, 2.24) is 14.6 Å². The highest BCUT2D eigenvalue weighted by molar-refractivity contribution is 9.10. The Labute approximate surface area is 152 Å². The number of rotatable bonds is 3. The molecule has 0 saturated carbocycles. The third-order valence-corrected chi connectivity index (χ3v) is 4.33. The molecule has 2 aromatic carbocycles. The summed E-state index contributed by atoms with van der Waals surface area (Å²) in [6.07, 6.45) is 1.91. The van der Waals surface area contributed by atoms with E-state index in [0.717, 1.165) is 21.5 Å². The molecule has 6 heteroatoms. The number of carbonyl (C=O) groups excluding carboxylic acids is 1. The molecular formula is C19H13BrN4O. The number of fused-ring (bicyclic) bond motifs is 1. The Morgan fingerprint density at radius 2 is 1.80 bits per heavy atom. The van der Waals surface area contributed by atoms with Gasteiger partial charge in [0.15, 0.2) is 11.5 Å². The molecule has 2 heterocycles. The fourth-order valence-corrected chi connectivity index (χ4v) is 2.84. The van der Waals surface area contributed by atoms with Crippen molar-refractivity contribution in [2.45, 2.75) is 0 Å². The first-order valence-electron chi connectivity index (χ1n) is 7.68. The lowest BCUT2D eigenvalue weighted by Crippen LogP contribution is -2.11. The van der Waals surface area contributed by atoms with Gasteiger partial charge in [-0.3, -0.25) is 9.20 Å². The predicted molar refractivity (Wildman–Crippen MR) is 101 cm³/mol. The average molecular weight is 393 g/mol. The first-order valence-corrected chi connectivity index (χ1v) is 8.47. The van der Waals surface area contributed by atoms with E-state index in [9.17, 15) is 4.79 Å². The number of carbonyl (C=O) groups is 1. The molecule has 122 valence electrons. The third kappa shape index (κ3) is 3.16. The number of nitrogens with one attached hydrogen (secondary N) is 1. The molecule has 0 aliphatic heterocycles. The second kappa shape index (κ2) is 6.49. The van der Waals surface area contributed by atoms with Crippen LogP contribution >= 0.6 is 15.9 Å². The topological polar surface area (TPSA) is 59.3 Å². The zero-order chi connectivity index (χ0) is 17.2. The van der Waals surface area contributed by atoms with Crippen molar-refractivity contribution >= 4 is 33.2 Å². The largest absolute Gasteiger partial charge is 0.322 e. The van der Waals surface area contributed by atoms with Crippen LogP contribution in [-0.2, 0) is 0 Å². The Kier molecular flexibility index (Phi) is 4.03. The van der Waals surface area contributed by atoms with Crippen molar-refractivity contribution in [2.24, 2.45) is 0 Å². The zero-order valence-electron chi connectivity index (χ0n) is 13.1. The number of hydrogen-bond donors (Lipinski definition) is 1. The third-order valence-electron chi connectivity index (χ3n) is 3.80. The molecule has 0 bridgehead atoms. The van der Waals surface area contributed by atoms with Crippen LogP contribution in [0.25, 0.3) is 17.0 Å². The molecule has 0 saturated heterocycles. The van der Waals surface area contributed by atoms with Crippen LogP contribution in [0.2, 0.25) is 0 Å². The van der Waals surface area contributed by atoms with Crippen molar-refractivity contribution in [2.75, 3.05) is 5.32 Å². The lowest BCUT2D eigenvalue weighted by molar-refractivity contribution is 0.102. The second-order valence-electron chi connectivity index (χ2n) is 5.49. The molecule has 1 N–H and O–H groups in total. The first kappa shape index (κ1) is 15.5. The van der Waals surface area contributed by atoms with E-state index in [4.69, 9.17) is 0 Å². The van der Waals surface area contributed by atoms with Gasteiger partial charge in [0.05, 0.1) is 0 Å². The Morgan fingerprint density at radius 3 is 2.64 bits per heavy atom. The molecule has 4 rings (SSSR count). The fraction of sp³-hybridized carbons (Fsp3) is 0. The van der Waals surface area contributed by atoms with Gasteiger partial charge in [-0.15, -0.1) is 10.2 Å². The molecule has 0 unspecified atom stereocenters. The van der Waals surface area contributed by atoms with E-state index >= 15 is 0 Å². The Bertz CT molecular complexity index is 1060. The summed E-state index contributed by atoms with van der Waals surface area (Å²) in [5.41, 5.74) is 2.97. The standard InChI is InChI=1S/C19H13BrN4O/c20-15-9-7-13(8-10-15)19(25)21-16-5-3-4-14(12-16)18-23-22-17-6-1-2-11-24(17)18/h1-12H,(H,21,25). The quantitative estimate of drug-likeness (QED) is 0.561. The van der Waals surface area contributed by atoms with Crippen molar-refractivity contribution in [3.05, 3.63) is 83.0 Å². The molecule has 0 radical (unpaired) electrons. The van der Waals surface area contributed by atoms with Crippen LogP contribution in [-0.4, -0.2) is 20.5 Å². The fourth-order valence-electron chi connectivity index (χ4n) is 2.58. The second-order valence-corrected chi connectivity index (χ2v) is 6.41. The van der Waals surface area contributed by atoms with Crippen LogP contribution in [0.4, 0.5) is 5.69 Å². The SMILES string of the molecule is O=C(Nc1cccc(-c2nnc3ccccn23)c1)c1ccc(Br)cc1. The number of halogens is 1. The summed E-state index contributed by atoms with van der Waals surface area (Å²) < 4.78 is 2.85. The summed E-state index contributed by atoms with van der Waals surface area (Å²) in [5.74, 6) is 0.575. The molecule has 0 aliphatic carbocycles. The highest BCUT2D eigenvalue weighted by Gasteiger charge is 2.10. The van der Waals surface area contributed by atoms with E-state index in [1.807, 2.05) is 65.2 Å². The van der Waals surface area contributed by atoms with Crippen molar-refractivity contribution in [1.29, 1.82) is 0 Å². The Balaban J connectivity index is 1.63. The summed E-state index contributed by atoms with van der Waals surface area (Å²) in [7, 11) is 0. The number of hydrogen-bond acceptors (Lipinski definition) is 3. The lowest BCUT2D eigenvalue weighted by atomic mass is 10.1. The minimum absolute atomic E-state index is 0.157. The summed E-state index contributed by atoms with van der Waals surface area (Å²) >= 11 is 3.37. The number of anilines is 1. The molecule has 0 spiro atoms. The number of pyridine rings is 1. The summed E-state index contributed by atoms with van der Waals surface area (Å²) in [6, 6.07) is 20.5. The number of amides is 1. The lowest BCUT2D eigenvalue weighted by Gasteiger charge is -2.07. The van der Waals surface area contributed by atoms with Crippen molar-refractivity contribution < 1.29 is 4.79 Å². The molecular weight excluding hydrogens is 380 g/mol. The summed E-state index contributed by atoms with van der Waals surface area (Å²) in [6.45, 7) is 0. The highest BCUT2D eigenvalue weighted by Crippen LogP contribution is 2.22. The normalized spacial score (nSPS) is 10.8. The van der Waals surface area contributed by atoms with Crippen LogP contribution in [0.15, 0.2) is 77.4 Å². The highest BCUT2D eigenvalue weighted by atomic mass is 79.9. The van der Waals surface area contributed by atoms with Crippen LogP contribution in [0.5, 0.6) is 0 Å². The Hall–Kier alpha value is -2.99. The monoisotopic (exact) mass is 392 g/mol. The molecule has 4 aromatic rings. The zero-order valence-corrected chi connectivity index (χ0v) is 14.6. The minimum atomic E-state index is -0.157. The van der Waals surface area contributed by atoms with Gasteiger partial charge in [0.2, 0.25) is 0 Å². The van der Waals surface area contributed by atoms with Gasteiger partial charge < -0.3 is 5.32 Å². The van der Waals surface area contributed by atoms with Gasteiger partial charge >= 0.3 is 0 Å². The van der Waals surface area contributed by atoms with Gasteiger partial charge in [0, 0.05) is 27.5 Å². The maximum atomic E-state index is 12.4. The van der Waals surface area contributed by atoms with Gasteiger partial charge in [-0.1, -0.05) is 34.1 Å². The smallest absolute Gasteiger partial charge is 0.255 e. The van der Waals surface area contributed by atoms with E-state index in [1.54, 1.807) is 12.1 Å². The van der Waals surface area contributed by atoms with E-state index in [1.165, 1.54) is 0 Å². The van der Waals surface area contributed by atoms with Gasteiger partial charge in [0.1, 0.15) is 0 Å². The van der Waals surface area contributed by atoms with Gasteiger partial charge in [-0.2, -0.15) is 0 Å². The van der Waals surface area contributed by atoms with Crippen LogP contribution in [0, 0.1) is 0 Å². The molecule has 0 aliphatic rings. The summed E-state index contributed by atoms with van der Waals surface area (Å²) in [4.78, 5) is 12.4. The van der Waals surface area contributed by atoms with E-state index in [0.29, 0.717) is 11.3 Å². The maximum absolute atomic E-state index is 12.4. The molecule has 2 aromatic heterocycles. The van der Waals surface area contributed by atoms with E-state index in [2.05, 4.69) is 31.4 Å². The first-order chi connectivity index (χ1) is 12.2. The summed E-state index contributed by atoms with van der Waals surface area (Å²) in [5, 5.41) is 11.3. The van der Waals surface area contributed by atoms with E-state index < -0.39 is 0 Å². The molecule has 5 nitrogen and oxygen atoms in total. The van der Waals surface area contributed by atoms with E-state index in [-0.39, 0.29) is 5.91 Å². The Morgan fingerprint density at radius 1 is 0.960 bits per heavy atom. The maximum Gasteiger partial charge on any atom is 0.255 e. The molecule has 1 amide bonds. The van der Waals surface area contributed by atoms with Gasteiger partial charge in [-0.05, 0) is 48.5 Å². The van der Waals surface area contributed by atoms with Crippen LogP contribution < -0.4 is 5.32 Å². The van der Waals surface area contributed by atoms with Crippen LogP contribution in [0.1, 0.15) is 10.4 Å². The van der Waals surface area contributed by atoms with Crippen LogP contribution in [0.3, 0.4) is 0 Å². The number of nitrogens with zero attached hydrogens (tertiary/aromatic N) is 3. The predicted octanol–water partition coefficient (Wildman–Crippen LogP) is 4.41. The van der Waals surface area contributed by atoms with Crippen molar-refractivity contribution in [3.8, 4) is 11.4 Å². The minimum Gasteiger partial charge on any atom is -0.322 e. The van der Waals surface area contributed by atoms with Gasteiger partial charge in [-0.25, -0.2) is 0 Å². The number of benzene rings is 2. The molecule has 0 fully saturated rings. The average Bonchev–Trinajstić information content (AvgIpc) is 3.06. The van der Waals surface area contributed by atoms with Crippen molar-refractivity contribution in [3.63, 3.8) is 0 Å². The molecule has 25 heavy (non-hydrogen) atoms. The number of aromatic nitrogens is 3.